The fourth-order valence-electron chi connectivity index (χ4n) is 2.82. The summed E-state index contributed by atoms with van der Waals surface area (Å²) in [5.74, 6) is -0.813. The number of furan rings is 1. The Labute approximate surface area is 172 Å². The van der Waals surface area contributed by atoms with Gasteiger partial charge in [-0.15, -0.1) is 0 Å². The van der Waals surface area contributed by atoms with Crippen LogP contribution in [0.1, 0.15) is 29.1 Å². The summed E-state index contributed by atoms with van der Waals surface area (Å²) in [6.07, 6.45) is 0. The van der Waals surface area contributed by atoms with Gasteiger partial charge in [-0.1, -0.05) is 30.3 Å². The molecular formula is C22H20N2O6. The molecule has 3 aromatic rings. The molecule has 154 valence electrons. The molecule has 0 spiro atoms. The maximum Gasteiger partial charge on any atom is 0.374 e. The summed E-state index contributed by atoms with van der Waals surface area (Å²) in [5, 5.41) is 10.7. The standard InChI is InChI=1S/C22H20N2O6/c1-15(16-6-4-3-5-7-16)23(2)21(25)14-29-22(26)20-13-12-19(30-20)17-8-10-18(11-9-17)24(27)28/h3-13,15H,14H2,1-2H3/t15-/m1/s1. The van der Waals surface area contributed by atoms with Gasteiger partial charge in [0.1, 0.15) is 5.76 Å². The lowest BCUT2D eigenvalue weighted by molar-refractivity contribution is -0.384. The molecule has 30 heavy (non-hydrogen) atoms. The van der Waals surface area contributed by atoms with Crippen LogP contribution in [-0.4, -0.2) is 35.4 Å². The summed E-state index contributed by atoms with van der Waals surface area (Å²) in [7, 11) is 1.65. The van der Waals surface area contributed by atoms with E-state index in [1.807, 2.05) is 37.3 Å². The highest BCUT2D eigenvalue weighted by Gasteiger charge is 2.20. The first kappa shape index (κ1) is 20.8. The fourth-order valence-corrected chi connectivity index (χ4v) is 2.82. The molecule has 2 aromatic carbocycles. The number of hydrogen-bond donors (Lipinski definition) is 0. The zero-order valence-electron chi connectivity index (χ0n) is 16.5. The van der Waals surface area contributed by atoms with Crippen LogP contribution in [0.25, 0.3) is 11.3 Å². The van der Waals surface area contributed by atoms with Gasteiger partial charge in [-0.2, -0.15) is 0 Å². The first-order chi connectivity index (χ1) is 14.4. The highest BCUT2D eigenvalue weighted by atomic mass is 16.6. The van der Waals surface area contributed by atoms with E-state index in [4.69, 9.17) is 9.15 Å². The molecule has 1 aromatic heterocycles. The molecule has 1 atom stereocenters. The van der Waals surface area contributed by atoms with Crippen molar-refractivity contribution in [1.29, 1.82) is 0 Å². The minimum absolute atomic E-state index is 0.0442. The van der Waals surface area contributed by atoms with Crippen LogP contribution in [0.2, 0.25) is 0 Å². The quantitative estimate of drug-likeness (QED) is 0.329. The highest BCUT2D eigenvalue weighted by Crippen LogP contribution is 2.25. The van der Waals surface area contributed by atoms with Crippen LogP contribution in [0.5, 0.6) is 0 Å². The van der Waals surface area contributed by atoms with Crippen LogP contribution in [0.3, 0.4) is 0 Å². The van der Waals surface area contributed by atoms with Crippen molar-refractivity contribution >= 4 is 17.6 Å². The molecule has 0 bridgehead atoms. The number of non-ortho nitro benzene ring substituents is 1. The Morgan fingerprint density at radius 3 is 2.37 bits per heavy atom. The van der Waals surface area contributed by atoms with Crippen molar-refractivity contribution in [2.45, 2.75) is 13.0 Å². The highest BCUT2D eigenvalue weighted by molar-refractivity contribution is 5.89. The van der Waals surface area contributed by atoms with Gasteiger partial charge in [0.25, 0.3) is 11.6 Å². The van der Waals surface area contributed by atoms with Gasteiger partial charge in [-0.3, -0.25) is 14.9 Å². The van der Waals surface area contributed by atoms with E-state index in [2.05, 4.69) is 0 Å². The number of nitro groups is 1. The molecule has 0 unspecified atom stereocenters. The van der Waals surface area contributed by atoms with Gasteiger partial charge < -0.3 is 14.1 Å². The number of likely N-dealkylation sites (N-methyl/N-ethyl adjacent to an activating group) is 1. The number of rotatable bonds is 7. The molecule has 0 saturated heterocycles. The Balaban J connectivity index is 1.58. The second-order valence-electron chi connectivity index (χ2n) is 6.64. The first-order valence-electron chi connectivity index (χ1n) is 9.19. The van der Waals surface area contributed by atoms with E-state index in [9.17, 15) is 19.7 Å². The Hall–Kier alpha value is -3.94. The van der Waals surface area contributed by atoms with E-state index in [-0.39, 0.29) is 23.4 Å². The monoisotopic (exact) mass is 408 g/mol. The third-order valence-corrected chi connectivity index (χ3v) is 4.75. The summed E-state index contributed by atoms with van der Waals surface area (Å²) in [6.45, 7) is 1.47. The lowest BCUT2D eigenvalue weighted by atomic mass is 10.1. The van der Waals surface area contributed by atoms with E-state index in [0.717, 1.165) is 5.56 Å². The largest absolute Gasteiger partial charge is 0.450 e. The molecule has 1 amide bonds. The molecular weight excluding hydrogens is 388 g/mol. The van der Waals surface area contributed by atoms with Crippen LogP contribution in [0.15, 0.2) is 71.1 Å². The van der Waals surface area contributed by atoms with Crippen LogP contribution in [0.4, 0.5) is 5.69 Å². The number of benzene rings is 2. The van der Waals surface area contributed by atoms with Gasteiger partial charge in [0, 0.05) is 24.7 Å². The predicted molar refractivity (Wildman–Crippen MR) is 109 cm³/mol. The van der Waals surface area contributed by atoms with E-state index in [1.165, 1.54) is 35.2 Å². The second-order valence-corrected chi connectivity index (χ2v) is 6.64. The van der Waals surface area contributed by atoms with Crippen molar-refractivity contribution in [1.82, 2.24) is 4.90 Å². The molecule has 0 radical (unpaired) electrons. The van der Waals surface area contributed by atoms with Gasteiger partial charge in [-0.25, -0.2) is 4.79 Å². The molecule has 3 rings (SSSR count). The summed E-state index contributed by atoms with van der Waals surface area (Å²) in [6, 6.07) is 18.1. The maximum atomic E-state index is 12.4. The third-order valence-electron chi connectivity index (χ3n) is 4.75. The summed E-state index contributed by atoms with van der Waals surface area (Å²) in [5.41, 5.74) is 1.50. The van der Waals surface area contributed by atoms with Crippen molar-refractivity contribution < 1.29 is 23.7 Å². The van der Waals surface area contributed by atoms with E-state index < -0.39 is 17.5 Å². The van der Waals surface area contributed by atoms with Crippen molar-refractivity contribution in [2.24, 2.45) is 0 Å². The second kappa shape index (κ2) is 9.04. The van der Waals surface area contributed by atoms with Crippen LogP contribution >= 0.6 is 0 Å². The van der Waals surface area contributed by atoms with Crippen molar-refractivity contribution in [3.05, 3.63) is 88.2 Å². The SMILES string of the molecule is C[C@H](c1ccccc1)N(C)C(=O)COC(=O)c1ccc(-c2ccc([N+](=O)[O-])cc2)o1. The number of ether oxygens (including phenoxy) is 1. The molecule has 1 heterocycles. The van der Waals surface area contributed by atoms with Crippen molar-refractivity contribution in [3.8, 4) is 11.3 Å². The molecule has 0 N–H and O–H groups in total. The van der Waals surface area contributed by atoms with Crippen molar-refractivity contribution in [2.75, 3.05) is 13.7 Å². The summed E-state index contributed by atoms with van der Waals surface area (Å²) >= 11 is 0. The van der Waals surface area contributed by atoms with Crippen LogP contribution in [-0.2, 0) is 9.53 Å². The average Bonchev–Trinajstić information content (AvgIpc) is 3.27. The lowest BCUT2D eigenvalue weighted by Gasteiger charge is -2.25. The third kappa shape index (κ3) is 4.72. The Kier molecular flexibility index (Phi) is 6.26. The molecule has 0 fully saturated rings. The Bertz CT molecular complexity index is 1040. The molecule has 0 aliphatic carbocycles. The maximum absolute atomic E-state index is 12.4. The van der Waals surface area contributed by atoms with Crippen molar-refractivity contribution in [3.63, 3.8) is 0 Å². The lowest BCUT2D eigenvalue weighted by Crippen LogP contribution is -2.33. The minimum atomic E-state index is -0.766. The average molecular weight is 408 g/mol. The molecule has 8 heteroatoms. The number of carbonyl (C=O) groups is 2. The molecule has 0 saturated carbocycles. The van der Waals surface area contributed by atoms with Gasteiger partial charge in [0.05, 0.1) is 11.0 Å². The fraction of sp³-hybridized carbons (Fsp3) is 0.182. The zero-order valence-corrected chi connectivity index (χ0v) is 16.5. The Morgan fingerprint density at radius 2 is 1.73 bits per heavy atom. The summed E-state index contributed by atoms with van der Waals surface area (Å²) < 4.78 is 10.6. The number of nitrogens with zero attached hydrogens (tertiary/aromatic N) is 2. The molecule has 0 aliphatic rings. The smallest absolute Gasteiger partial charge is 0.374 e. The number of nitro benzene ring substituents is 1. The number of amides is 1. The van der Waals surface area contributed by atoms with Gasteiger partial charge in [0.2, 0.25) is 5.76 Å². The molecule has 0 aliphatic heterocycles. The zero-order chi connectivity index (χ0) is 21.7. The first-order valence-corrected chi connectivity index (χ1v) is 9.19. The topological polar surface area (TPSA) is 103 Å². The van der Waals surface area contributed by atoms with E-state index in [0.29, 0.717) is 11.3 Å². The number of hydrogen-bond acceptors (Lipinski definition) is 6. The number of esters is 1. The summed E-state index contributed by atoms with van der Waals surface area (Å²) in [4.78, 5) is 36.3. The van der Waals surface area contributed by atoms with Crippen LogP contribution in [0, 0.1) is 10.1 Å². The van der Waals surface area contributed by atoms with Gasteiger partial charge >= 0.3 is 5.97 Å². The Morgan fingerprint density at radius 1 is 1.07 bits per heavy atom. The number of carbonyl (C=O) groups excluding carboxylic acids is 2. The normalized spacial score (nSPS) is 11.5. The van der Waals surface area contributed by atoms with Crippen LogP contribution < -0.4 is 0 Å². The minimum Gasteiger partial charge on any atom is -0.450 e. The van der Waals surface area contributed by atoms with E-state index in [1.54, 1.807) is 13.1 Å². The predicted octanol–water partition coefficient (Wildman–Crippen LogP) is 4.23. The van der Waals surface area contributed by atoms with E-state index >= 15 is 0 Å². The van der Waals surface area contributed by atoms with Gasteiger partial charge in [-0.05, 0) is 36.8 Å². The van der Waals surface area contributed by atoms with Gasteiger partial charge in [0.15, 0.2) is 6.61 Å². The molecule has 8 nitrogen and oxygen atoms in total.